The van der Waals surface area contributed by atoms with Crippen molar-refractivity contribution < 1.29 is 9.53 Å². The van der Waals surface area contributed by atoms with Crippen LogP contribution in [0.2, 0.25) is 0 Å². The second-order valence-electron chi connectivity index (χ2n) is 3.70. The molecular weight excluding hydrogens is 198 g/mol. The minimum atomic E-state index is -0.0612. The maximum Gasteiger partial charge on any atom is 0.308 e. The van der Waals surface area contributed by atoms with Crippen LogP contribution in [0.4, 0.5) is 0 Å². The number of hydrogen-bond acceptors (Lipinski definition) is 3. The Morgan fingerprint density at radius 3 is 2.29 bits per heavy atom. The van der Waals surface area contributed by atoms with Crippen LogP contribution in [0.5, 0.6) is 0 Å². The molecule has 0 unspecified atom stereocenters. The third kappa shape index (κ3) is 2.94. The van der Waals surface area contributed by atoms with Gasteiger partial charge < -0.3 is 10.5 Å². The molecule has 14 heavy (non-hydrogen) atoms. The van der Waals surface area contributed by atoms with Gasteiger partial charge in [-0.05, 0) is 32.6 Å². The van der Waals surface area contributed by atoms with Crippen molar-refractivity contribution in [2.45, 2.75) is 32.6 Å². The summed E-state index contributed by atoms with van der Waals surface area (Å²) in [6.07, 6.45) is 3.58. The third-order valence-electron chi connectivity index (χ3n) is 2.75. The Morgan fingerprint density at radius 2 is 1.86 bits per heavy atom. The van der Waals surface area contributed by atoms with Gasteiger partial charge >= 0.3 is 5.97 Å². The minimum absolute atomic E-state index is 0.0612. The van der Waals surface area contributed by atoms with E-state index in [2.05, 4.69) is 0 Å². The van der Waals surface area contributed by atoms with Gasteiger partial charge in [-0.3, -0.25) is 4.79 Å². The molecule has 0 heterocycles. The van der Waals surface area contributed by atoms with E-state index in [4.69, 9.17) is 22.7 Å². The summed E-state index contributed by atoms with van der Waals surface area (Å²) in [6.45, 7) is 2.30. The highest BCUT2D eigenvalue weighted by Crippen LogP contribution is 2.29. The maximum atomic E-state index is 11.4. The molecule has 0 amide bonds. The number of thiocarbonyl (C=S) groups is 1. The van der Waals surface area contributed by atoms with Gasteiger partial charge in [-0.1, -0.05) is 12.2 Å². The van der Waals surface area contributed by atoms with Gasteiger partial charge in [-0.25, -0.2) is 0 Å². The number of carbonyl (C=O) groups is 1. The van der Waals surface area contributed by atoms with Crippen molar-refractivity contribution in [2.24, 2.45) is 17.6 Å². The monoisotopic (exact) mass is 215 g/mol. The molecule has 3 nitrogen and oxygen atoms in total. The first-order valence-electron chi connectivity index (χ1n) is 5.11. The molecular formula is C10H17NO2S. The van der Waals surface area contributed by atoms with Crippen LogP contribution in [0.15, 0.2) is 0 Å². The van der Waals surface area contributed by atoms with E-state index >= 15 is 0 Å². The SMILES string of the molecule is CCOC(=O)[C@H]1CC[C@H](C(N)=S)CC1. The largest absolute Gasteiger partial charge is 0.466 e. The molecule has 1 aliphatic rings. The van der Waals surface area contributed by atoms with Crippen molar-refractivity contribution in [3.8, 4) is 0 Å². The average Bonchev–Trinajstić information content (AvgIpc) is 2.18. The molecule has 1 saturated carbocycles. The lowest BCUT2D eigenvalue weighted by atomic mass is 9.82. The zero-order valence-corrected chi connectivity index (χ0v) is 9.31. The van der Waals surface area contributed by atoms with Gasteiger partial charge in [-0.2, -0.15) is 0 Å². The van der Waals surface area contributed by atoms with Crippen molar-refractivity contribution in [1.29, 1.82) is 0 Å². The molecule has 1 rings (SSSR count). The Hall–Kier alpha value is -0.640. The Labute approximate surface area is 90.0 Å². The molecule has 0 aliphatic heterocycles. The third-order valence-corrected chi connectivity index (χ3v) is 3.08. The molecule has 0 atom stereocenters. The Kier molecular flexibility index (Phi) is 4.32. The van der Waals surface area contributed by atoms with E-state index in [0.29, 0.717) is 17.5 Å². The van der Waals surface area contributed by atoms with E-state index in [1.165, 1.54) is 0 Å². The summed E-state index contributed by atoms with van der Waals surface area (Å²) in [5, 5.41) is 0. The summed E-state index contributed by atoms with van der Waals surface area (Å²) in [7, 11) is 0. The molecule has 0 saturated heterocycles. The topological polar surface area (TPSA) is 52.3 Å². The van der Waals surface area contributed by atoms with Gasteiger partial charge in [0.25, 0.3) is 0 Å². The van der Waals surface area contributed by atoms with Gasteiger partial charge in [0.15, 0.2) is 0 Å². The molecule has 0 radical (unpaired) electrons. The number of rotatable bonds is 3. The predicted molar refractivity (Wildman–Crippen MR) is 58.9 cm³/mol. The maximum absolute atomic E-state index is 11.4. The smallest absolute Gasteiger partial charge is 0.308 e. The summed E-state index contributed by atoms with van der Waals surface area (Å²) < 4.78 is 4.97. The van der Waals surface area contributed by atoms with Crippen LogP contribution < -0.4 is 5.73 Å². The van der Waals surface area contributed by atoms with E-state index < -0.39 is 0 Å². The second-order valence-corrected chi connectivity index (χ2v) is 4.17. The van der Waals surface area contributed by atoms with E-state index in [0.717, 1.165) is 25.7 Å². The highest BCUT2D eigenvalue weighted by Gasteiger charge is 2.28. The lowest BCUT2D eigenvalue weighted by Crippen LogP contribution is -2.29. The van der Waals surface area contributed by atoms with E-state index in [1.807, 2.05) is 6.92 Å². The molecule has 0 aromatic rings. The van der Waals surface area contributed by atoms with Gasteiger partial charge in [0.2, 0.25) is 0 Å². The zero-order chi connectivity index (χ0) is 10.6. The van der Waals surface area contributed by atoms with Crippen LogP contribution in [-0.4, -0.2) is 17.6 Å². The number of ether oxygens (including phenoxy) is 1. The van der Waals surface area contributed by atoms with Gasteiger partial charge in [0.1, 0.15) is 0 Å². The van der Waals surface area contributed by atoms with Gasteiger partial charge in [0.05, 0.1) is 17.5 Å². The highest BCUT2D eigenvalue weighted by atomic mass is 32.1. The zero-order valence-electron chi connectivity index (χ0n) is 8.49. The molecule has 4 heteroatoms. The standard InChI is InChI=1S/C10H17NO2S/c1-2-13-10(12)8-5-3-7(4-6-8)9(11)14/h7-8H,2-6H2,1H3,(H2,11,14)/t7-,8-. The Balaban J connectivity index is 2.35. The highest BCUT2D eigenvalue weighted by molar-refractivity contribution is 7.80. The predicted octanol–water partition coefficient (Wildman–Crippen LogP) is 1.64. The van der Waals surface area contributed by atoms with E-state index in [9.17, 15) is 4.79 Å². The number of hydrogen-bond donors (Lipinski definition) is 1. The summed E-state index contributed by atoms with van der Waals surface area (Å²) in [6, 6.07) is 0. The van der Waals surface area contributed by atoms with Crippen molar-refractivity contribution in [1.82, 2.24) is 0 Å². The van der Waals surface area contributed by atoms with Crippen LogP contribution in [0, 0.1) is 11.8 Å². The summed E-state index contributed by atoms with van der Waals surface area (Å²) >= 11 is 4.93. The summed E-state index contributed by atoms with van der Waals surface area (Å²) in [5.41, 5.74) is 5.56. The lowest BCUT2D eigenvalue weighted by Gasteiger charge is -2.26. The molecule has 1 aliphatic carbocycles. The fourth-order valence-corrected chi connectivity index (χ4v) is 2.11. The molecule has 2 N–H and O–H groups in total. The van der Waals surface area contributed by atoms with Crippen LogP contribution in [0.25, 0.3) is 0 Å². The molecule has 0 spiro atoms. The summed E-state index contributed by atoms with van der Waals surface area (Å²) in [4.78, 5) is 12.0. The van der Waals surface area contributed by atoms with Gasteiger partial charge in [-0.15, -0.1) is 0 Å². The second kappa shape index (κ2) is 5.29. The molecule has 1 fully saturated rings. The quantitative estimate of drug-likeness (QED) is 0.574. The fourth-order valence-electron chi connectivity index (χ4n) is 1.87. The van der Waals surface area contributed by atoms with Crippen LogP contribution in [-0.2, 0) is 9.53 Å². The normalized spacial score (nSPS) is 26.9. The Morgan fingerprint density at radius 1 is 1.36 bits per heavy atom. The number of esters is 1. The lowest BCUT2D eigenvalue weighted by molar-refractivity contribution is -0.149. The van der Waals surface area contributed by atoms with E-state index in [1.54, 1.807) is 0 Å². The van der Waals surface area contributed by atoms with Crippen LogP contribution in [0.3, 0.4) is 0 Å². The first kappa shape index (κ1) is 11.4. The molecule has 80 valence electrons. The average molecular weight is 215 g/mol. The van der Waals surface area contributed by atoms with Crippen molar-refractivity contribution in [2.75, 3.05) is 6.61 Å². The van der Waals surface area contributed by atoms with Crippen LogP contribution in [0.1, 0.15) is 32.6 Å². The van der Waals surface area contributed by atoms with Crippen LogP contribution >= 0.6 is 12.2 Å². The van der Waals surface area contributed by atoms with Crippen molar-refractivity contribution in [3.63, 3.8) is 0 Å². The van der Waals surface area contributed by atoms with Crippen molar-refractivity contribution in [3.05, 3.63) is 0 Å². The first-order valence-corrected chi connectivity index (χ1v) is 5.52. The number of nitrogens with two attached hydrogens (primary N) is 1. The van der Waals surface area contributed by atoms with E-state index in [-0.39, 0.29) is 11.9 Å². The minimum Gasteiger partial charge on any atom is -0.466 e. The fraction of sp³-hybridized carbons (Fsp3) is 0.800. The molecule has 0 bridgehead atoms. The van der Waals surface area contributed by atoms with Gasteiger partial charge in [0, 0.05) is 5.92 Å². The first-order chi connectivity index (χ1) is 6.65. The molecule has 0 aromatic heterocycles. The molecule has 0 aromatic carbocycles. The number of carbonyl (C=O) groups excluding carboxylic acids is 1. The summed E-state index contributed by atoms with van der Waals surface area (Å²) in [5.74, 6) is 0.338. The Bertz CT molecular complexity index is 222. The van der Waals surface area contributed by atoms with Crippen molar-refractivity contribution >= 4 is 23.2 Å².